The maximum atomic E-state index is 13.6. The molecule has 1 fully saturated rings. The van der Waals surface area contributed by atoms with Crippen molar-refractivity contribution in [1.82, 2.24) is 10.2 Å². The van der Waals surface area contributed by atoms with Crippen LogP contribution in [-0.4, -0.2) is 31.6 Å². The lowest BCUT2D eigenvalue weighted by atomic mass is 9.96. The van der Waals surface area contributed by atoms with Crippen molar-refractivity contribution in [3.05, 3.63) is 35.4 Å². The summed E-state index contributed by atoms with van der Waals surface area (Å²) in [4.78, 5) is 2.32. The number of hydrogen-bond donors (Lipinski definition) is 1. The minimum Gasteiger partial charge on any atom is -0.310 e. The second-order valence-corrected chi connectivity index (χ2v) is 5.51. The molecule has 4 heteroatoms. The minimum absolute atomic E-state index is 0.149. The van der Waals surface area contributed by atoms with Crippen molar-refractivity contribution in [2.75, 3.05) is 26.7 Å². The molecular formula is C15H22F2N2. The SMILES string of the molecule is CC(NCC1CCN(C)CC1)c1c(F)cccc1F. The van der Waals surface area contributed by atoms with Gasteiger partial charge < -0.3 is 10.2 Å². The van der Waals surface area contributed by atoms with Gasteiger partial charge in [0.1, 0.15) is 11.6 Å². The van der Waals surface area contributed by atoms with E-state index < -0.39 is 11.6 Å². The highest BCUT2D eigenvalue weighted by atomic mass is 19.1. The van der Waals surface area contributed by atoms with Crippen LogP contribution < -0.4 is 5.32 Å². The van der Waals surface area contributed by atoms with Crippen molar-refractivity contribution in [2.24, 2.45) is 5.92 Å². The molecular weight excluding hydrogens is 246 g/mol. The first kappa shape index (κ1) is 14.4. The monoisotopic (exact) mass is 268 g/mol. The molecule has 1 heterocycles. The maximum Gasteiger partial charge on any atom is 0.130 e. The topological polar surface area (TPSA) is 15.3 Å². The summed E-state index contributed by atoms with van der Waals surface area (Å²) in [5.41, 5.74) is 0.149. The third-order valence-electron chi connectivity index (χ3n) is 3.98. The van der Waals surface area contributed by atoms with Crippen LogP contribution in [-0.2, 0) is 0 Å². The normalized spacial score (nSPS) is 19.6. The van der Waals surface area contributed by atoms with E-state index in [1.807, 2.05) is 6.92 Å². The summed E-state index contributed by atoms with van der Waals surface area (Å²) >= 11 is 0. The first-order valence-corrected chi connectivity index (χ1v) is 6.93. The number of benzene rings is 1. The summed E-state index contributed by atoms with van der Waals surface area (Å²) in [5, 5.41) is 3.27. The van der Waals surface area contributed by atoms with Gasteiger partial charge in [0.25, 0.3) is 0 Å². The molecule has 1 aromatic carbocycles. The second-order valence-electron chi connectivity index (χ2n) is 5.51. The van der Waals surface area contributed by atoms with E-state index >= 15 is 0 Å². The average molecular weight is 268 g/mol. The number of piperidine rings is 1. The van der Waals surface area contributed by atoms with Gasteiger partial charge in [-0.05, 0) is 64.5 Å². The molecule has 0 saturated carbocycles. The summed E-state index contributed by atoms with van der Waals surface area (Å²) in [6.45, 7) is 4.85. The third-order valence-corrected chi connectivity index (χ3v) is 3.98. The molecule has 0 aromatic heterocycles. The molecule has 1 N–H and O–H groups in total. The fraction of sp³-hybridized carbons (Fsp3) is 0.600. The lowest BCUT2D eigenvalue weighted by Gasteiger charge is -2.30. The minimum atomic E-state index is -0.469. The van der Waals surface area contributed by atoms with E-state index in [0.29, 0.717) is 5.92 Å². The van der Waals surface area contributed by atoms with E-state index in [2.05, 4.69) is 17.3 Å². The van der Waals surface area contributed by atoms with Crippen molar-refractivity contribution in [1.29, 1.82) is 0 Å². The molecule has 19 heavy (non-hydrogen) atoms. The summed E-state index contributed by atoms with van der Waals surface area (Å²) in [6, 6.07) is 3.73. The van der Waals surface area contributed by atoms with Crippen LogP contribution in [0.3, 0.4) is 0 Å². The number of rotatable bonds is 4. The highest BCUT2D eigenvalue weighted by Crippen LogP contribution is 2.21. The number of nitrogens with one attached hydrogen (secondary N) is 1. The van der Waals surface area contributed by atoms with Crippen LogP contribution in [0.25, 0.3) is 0 Å². The molecule has 1 aliphatic rings. The maximum absolute atomic E-state index is 13.6. The highest BCUT2D eigenvalue weighted by molar-refractivity contribution is 5.22. The van der Waals surface area contributed by atoms with Gasteiger partial charge in [0.15, 0.2) is 0 Å². The highest BCUT2D eigenvalue weighted by Gasteiger charge is 2.19. The lowest BCUT2D eigenvalue weighted by Crippen LogP contribution is -2.35. The molecule has 0 amide bonds. The predicted octanol–water partition coefficient (Wildman–Crippen LogP) is 2.96. The quantitative estimate of drug-likeness (QED) is 0.903. The van der Waals surface area contributed by atoms with E-state index in [9.17, 15) is 8.78 Å². The van der Waals surface area contributed by atoms with Crippen LogP contribution in [0.15, 0.2) is 18.2 Å². The summed E-state index contributed by atoms with van der Waals surface area (Å²) in [5.74, 6) is -0.333. The van der Waals surface area contributed by atoms with E-state index in [-0.39, 0.29) is 11.6 Å². The van der Waals surface area contributed by atoms with E-state index in [4.69, 9.17) is 0 Å². The molecule has 0 spiro atoms. The zero-order valence-corrected chi connectivity index (χ0v) is 11.6. The van der Waals surface area contributed by atoms with Gasteiger partial charge in [0.2, 0.25) is 0 Å². The molecule has 0 bridgehead atoms. The van der Waals surface area contributed by atoms with Gasteiger partial charge in [-0.2, -0.15) is 0 Å². The molecule has 1 unspecified atom stereocenters. The number of likely N-dealkylation sites (tertiary alicyclic amines) is 1. The Bertz CT molecular complexity index is 394. The van der Waals surface area contributed by atoms with Crippen molar-refractivity contribution >= 4 is 0 Å². The third kappa shape index (κ3) is 3.74. The molecule has 1 atom stereocenters. The van der Waals surface area contributed by atoms with Crippen LogP contribution >= 0.6 is 0 Å². The largest absolute Gasteiger partial charge is 0.310 e. The molecule has 2 rings (SSSR count). The van der Waals surface area contributed by atoms with Crippen molar-refractivity contribution in [3.8, 4) is 0 Å². The Morgan fingerprint density at radius 1 is 1.26 bits per heavy atom. The van der Waals surface area contributed by atoms with Crippen LogP contribution in [0, 0.1) is 17.6 Å². The lowest BCUT2D eigenvalue weighted by molar-refractivity contribution is 0.213. The Morgan fingerprint density at radius 2 is 1.84 bits per heavy atom. The van der Waals surface area contributed by atoms with Crippen molar-refractivity contribution in [3.63, 3.8) is 0 Å². The van der Waals surface area contributed by atoms with Gasteiger partial charge in [0, 0.05) is 11.6 Å². The van der Waals surface area contributed by atoms with Crippen LogP contribution in [0.2, 0.25) is 0 Å². The van der Waals surface area contributed by atoms with Gasteiger partial charge in [-0.3, -0.25) is 0 Å². The van der Waals surface area contributed by atoms with E-state index in [1.165, 1.54) is 18.2 Å². The molecule has 106 valence electrons. The van der Waals surface area contributed by atoms with E-state index in [1.54, 1.807) is 0 Å². The summed E-state index contributed by atoms with van der Waals surface area (Å²) < 4.78 is 27.3. The van der Waals surface area contributed by atoms with Gasteiger partial charge >= 0.3 is 0 Å². The Labute approximate surface area is 113 Å². The van der Waals surface area contributed by atoms with E-state index in [0.717, 1.165) is 32.5 Å². The summed E-state index contributed by atoms with van der Waals surface area (Å²) in [6.07, 6.45) is 2.30. The fourth-order valence-electron chi connectivity index (χ4n) is 2.64. The Balaban J connectivity index is 1.89. The number of nitrogens with zero attached hydrogens (tertiary/aromatic N) is 1. The molecule has 0 radical (unpaired) electrons. The van der Waals surface area contributed by atoms with Gasteiger partial charge in [-0.15, -0.1) is 0 Å². The Hall–Kier alpha value is -1.00. The second kappa shape index (κ2) is 6.44. The smallest absolute Gasteiger partial charge is 0.130 e. The van der Waals surface area contributed by atoms with Crippen LogP contribution in [0.5, 0.6) is 0 Å². The predicted molar refractivity (Wildman–Crippen MR) is 73.0 cm³/mol. The molecule has 1 aliphatic heterocycles. The first-order valence-electron chi connectivity index (χ1n) is 6.93. The Morgan fingerprint density at radius 3 is 2.42 bits per heavy atom. The fourth-order valence-corrected chi connectivity index (χ4v) is 2.64. The molecule has 0 aliphatic carbocycles. The zero-order chi connectivity index (χ0) is 13.8. The van der Waals surface area contributed by atoms with Gasteiger partial charge in [-0.25, -0.2) is 8.78 Å². The average Bonchev–Trinajstić information content (AvgIpc) is 2.38. The van der Waals surface area contributed by atoms with Crippen LogP contribution in [0.4, 0.5) is 8.78 Å². The molecule has 1 aromatic rings. The van der Waals surface area contributed by atoms with Gasteiger partial charge in [-0.1, -0.05) is 6.07 Å². The molecule has 2 nitrogen and oxygen atoms in total. The number of halogens is 2. The number of hydrogen-bond acceptors (Lipinski definition) is 2. The van der Waals surface area contributed by atoms with Crippen molar-refractivity contribution < 1.29 is 8.78 Å². The van der Waals surface area contributed by atoms with Gasteiger partial charge in [0.05, 0.1) is 0 Å². The summed E-state index contributed by atoms with van der Waals surface area (Å²) in [7, 11) is 2.13. The van der Waals surface area contributed by atoms with Crippen LogP contribution in [0.1, 0.15) is 31.4 Å². The Kier molecular flexibility index (Phi) is 4.88. The zero-order valence-electron chi connectivity index (χ0n) is 11.6. The first-order chi connectivity index (χ1) is 9.08. The standard InChI is InChI=1S/C15H22F2N2/c1-11(15-13(16)4-3-5-14(15)17)18-10-12-6-8-19(2)9-7-12/h3-5,11-12,18H,6-10H2,1-2H3. The van der Waals surface area contributed by atoms with Crippen molar-refractivity contribution in [2.45, 2.75) is 25.8 Å². The molecule has 1 saturated heterocycles.